The number of ether oxygens (including phenoxy) is 3. The summed E-state index contributed by atoms with van der Waals surface area (Å²) in [4.78, 5) is 52.1. The Balaban J connectivity index is 3.38. The summed E-state index contributed by atoms with van der Waals surface area (Å²) in [7, 11) is 0. The molecule has 2 amide bonds. The fourth-order valence-corrected chi connectivity index (χ4v) is 3.85. The molecule has 182 valence electrons. The van der Waals surface area contributed by atoms with Crippen LogP contribution in [0.15, 0.2) is 12.2 Å². The Morgan fingerprint density at radius 3 is 2.25 bits per heavy atom. The van der Waals surface area contributed by atoms with Gasteiger partial charge in [0.25, 0.3) is 0 Å². The molecule has 0 spiro atoms. The minimum Gasteiger partial charge on any atom is -0.444 e. The lowest BCUT2D eigenvalue weighted by molar-refractivity contribution is -0.151. The monoisotopic (exact) mass is 454 g/mol. The smallest absolute Gasteiger partial charge is 0.411 e. The predicted octanol–water partition coefficient (Wildman–Crippen LogP) is 2.62. The van der Waals surface area contributed by atoms with E-state index in [-0.39, 0.29) is 18.3 Å². The van der Waals surface area contributed by atoms with Crippen LogP contribution in [0.4, 0.5) is 4.79 Å². The van der Waals surface area contributed by atoms with Gasteiger partial charge in [-0.05, 0) is 54.9 Å². The van der Waals surface area contributed by atoms with Gasteiger partial charge in [-0.25, -0.2) is 4.79 Å². The molecule has 0 radical (unpaired) electrons. The minimum atomic E-state index is -1.08. The molecule has 0 aromatic carbocycles. The molecular formula is C23H38N2O7. The molecule has 0 bridgehead atoms. The first-order chi connectivity index (χ1) is 14.8. The number of Topliss-reactive ketones (excluding diaryl/α,β-unsaturated/α-hetero) is 2. The van der Waals surface area contributed by atoms with Crippen LogP contribution in [0.1, 0.15) is 61.8 Å². The Labute approximate surface area is 190 Å². The van der Waals surface area contributed by atoms with Crippen LogP contribution in [0.3, 0.4) is 0 Å². The van der Waals surface area contributed by atoms with E-state index in [1.54, 1.807) is 33.8 Å². The number of hydrogen-bond donors (Lipinski definition) is 1. The maximum Gasteiger partial charge on any atom is 0.411 e. The van der Waals surface area contributed by atoms with Gasteiger partial charge in [0, 0.05) is 19.4 Å². The van der Waals surface area contributed by atoms with E-state index >= 15 is 0 Å². The second kappa shape index (κ2) is 12.1. The summed E-state index contributed by atoms with van der Waals surface area (Å²) < 4.78 is 16.3. The highest BCUT2D eigenvalue weighted by Gasteiger charge is 2.51. The van der Waals surface area contributed by atoms with Gasteiger partial charge in [-0.3, -0.25) is 19.3 Å². The van der Waals surface area contributed by atoms with E-state index in [4.69, 9.17) is 14.2 Å². The molecule has 5 atom stereocenters. The maximum absolute atomic E-state index is 13.2. The normalized spacial score (nSPS) is 23.1. The molecule has 9 heteroatoms. The number of allylic oxidation sites excluding steroid dienone is 1. The van der Waals surface area contributed by atoms with Crippen molar-refractivity contribution in [3.63, 3.8) is 0 Å². The topological polar surface area (TPSA) is 111 Å². The molecule has 1 heterocycles. The molecule has 2 unspecified atom stereocenters. The summed E-state index contributed by atoms with van der Waals surface area (Å²) in [6, 6.07) is -2.67. The van der Waals surface area contributed by atoms with Crippen molar-refractivity contribution in [3.8, 4) is 0 Å². The average Bonchev–Trinajstić information content (AvgIpc) is 3.02. The summed E-state index contributed by atoms with van der Waals surface area (Å²) in [6.07, 6.45) is 2.65. The molecule has 1 aliphatic heterocycles. The van der Waals surface area contributed by atoms with Crippen molar-refractivity contribution in [2.45, 2.75) is 91.8 Å². The third-order valence-electron chi connectivity index (χ3n) is 5.01. The van der Waals surface area contributed by atoms with Gasteiger partial charge < -0.3 is 19.5 Å². The number of amides is 2. The molecule has 1 rings (SSSR count). The minimum absolute atomic E-state index is 0.219. The van der Waals surface area contributed by atoms with Crippen LogP contribution in [-0.2, 0) is 28.6 Å². The highest BCUT2D eigenvalue weighted by Crippen LogP contribution is 2.35. The summed E-state index contributed by atoms with van der Waals surface area (Å²) >= 11 is 0. The van der Waals surface area contributed by atoms with Crippen LogP contribution in [0.2, 0.25) is 0 Å². The maximum atomic E-state index is 13.2. The van der Waals surface area contributed by atoms with Crippen molar-refractivity contribution in [2.24, 2.45) is 5.92 Å². The Hall–Kier alpha value is -2.26. The highest BCUT2D eigenvalue weighted by atomic mass is 16.7. The van der Waals surface area contributed by atoms with Gasteiger partial charge in [0.15, 0.2) is 17.9 Å². The van der Waals surface area contributed by atoms with E-state index in [9.17, 15) is 19.2 Å². The molecule has 1 saturated heterocycles. The van der Waals surface area contributed by atoms with E-state index in [1.165, 1.54) is 18.7 Å². The third kappa shape index (κ3) is 8.02. The zero-order valence-corrected chi connectivity index (χ0v) is 20.5. The van der Waals surface area contributed by atoms with E-state index in [0.29, 0.717) is 13.0 Å². The van der Waals surface area contributed by atoms with Crippen LogP contribution < -0.4 is 5.32 Å². The second-order valence-electron chi connectivity index (χ2n) is 8.91. The van der Waals surface area contributed by atoms with Gasteiger partial charge in [0.1, 0.15) is 18.2 Å². The first-order valence-corrected chi connectivity index (χ1v) is 11.0. The first kappa shape index (κ1) is 27.8. The summed E-state index contributed by atoms with van der Waals surface area (Å²) in [6.45, 7) is 13.3. The van der Waals surface area contributed by atoms with Gasteiger partial charge in [0.2, 0.25) is 5.91 Å². The fraction of sp³-hybridized carbons (Fsp3) is 0.739. The molecule has 0 aliphatic carbocycles. The predicted molar refractivity (Wildman–Crippen MR) is 119 cm³/mol. The molecule has 1 fully saturated rings. The number of carbonyl (C=O) groups is 4. The number of ketones is 2. The Morgan fingerprint density at radius 1 is 1.16 bits per heavy atom. The number of likely N-dealkylation sites (tertiary alicyclic amines) is 1. The third-order valence-corrected chi connectivity index (χ3v) is 5.01. The van der Waals surface area contributed by atoms with E-state index in [0.717, 1.165) is 0 Å². The summed E-state index contributed by atoms with van der Waals surface area (Å²) in [5, 5.41) is 2.67. The highest BCUT2D eigenvalue weighted by molar-refractivity contribution is 5.92. The van der Waals surface area contributed by atoms with Gasteiger partial charge in [-0.1, -0.05) is 12.2 Å². The van der Waals surface area contributed by atoms with E-state index < -0.39 is 47.8 Å². The second-order valence-corrected chi connectivity index (χ2v) is 8.91. The van der Waals surface area contributed by atoms with Crippen molar-refractivity contribution >= 4 is 23.6 Å². The van der Waals surface area contributed by atoms with Gasteiger partial charge in [0.05, 0.1) is 12.1 Å². The van der Waals surface area contributed by atoms with Crippen molar-refractivity contribution in [3.05, 3.63) is 12.2 Å². The Bertz CT molecular complexity index is 714. The van der Waals surface area contributed by atoms with Crippen molar-refractivity contribution in [2.75, 3.05) is 13.2 Å². The lowest BCUT2D eigenvalue weighted by Gasteiger charge is -2.36. The SMILES string of the molecule is C/C=C\[C@@H]1C[C@H](C(C)=O)N(C(=O)OC(C)(C)C)[C@H]1C(NC(C)=O)C(=O)COC(C)OCC. The van der Waals surface area contributed by atoms with Gasteiger partial charge in [-0.2, -0.15) is 0 Å². The number of carbonyl (C=O) groups excluding carboxylic acids is 4. The quantitative estimate of drug-likeness (QED) is 0.399. The Kier molecular flexibility index (Phi) is 10.5. The lowest BCUT2D eigenvalue weighted by Crippen LogP contribution is -2.59. The molecule has 0 aromatic rings. The standard InChI is InChI=1S/C23H38N2O7/c1-9-11-17-12-18(14(3)26)25(22(29)32-23(6,7)8)21(17)20(24-15(4)27)19(28)13-31-16(5)30-10-2/h9,11,16-18,20-21H,10,12-13H2,1-8H3,(H,24,27)/b11-9-/t16?,17-,18-,20?,21-/m1/s1. The zero-order chi connectivity index (χ0) is 24.6. The lowest BCUT2D eigenvalue weighted by atomic mass is 9.90. The van der Waals surface area contributed by atoms with Crippen LogP contribution >= 0.6 is 0 Å². The molecule has 32 heavy (non-hydrogen) atoms. The molecule has 0 saturated carbocycles. The Morgan fingerprint density at radius 2 is 1.78 bits per heavy atom. The largest absolute Gasteiger partial charge is 0.444 e. The summed E-state index contributed by atoms with van der Waals surface area (Å²) in [5.74, 6) is -1.42. The first-order valence-electron chi connectivity index (χ1n) is 11.0. The van der Waals surface area contributed by atoms with Crippen LogP contribution in [-0.4, -0.2) is 71.7 Å². The van der Waals surface area contributed by atoms with E-state index in [1.807, 2.05) is 19.9 Å². The van der Waals surface area contributed by atoms with Crippen LogP contribution in [0.5, 0.6) is 0 Å². The number of rotatable bonds is 10. The molecular weight excluding hydrogens is 416 g/mol. The molecule has 1 aliphatic rings. The molecule has 9 nitrogen and oxygen atoms in total. The number of nitrogens with zero attached hydrogens (tertiary/aromatic N) is 1. The average molecular weight is 455 g/mol. The van der Waals surface area contributed by atoms with Gasteiger partial charge in [-0.15, -0.1) is 0 Å². The van der Waals surface area contributed by atoms with Gasteiger partial charge >= 0.3 is 6.09 Å². The molecule has 1 N–H and O–H groups in total. The van der Waals surface area contributed by atoms with Crippen LogP contribution in [0, 0.1) is 5.92 Å². The van der Waals surface area contributed by atoms with Crippen molar-refractivity contribution < 1.29 is 33.4 Å². The number of nitrogens with one attached hydrogen (secondary N) is 1. The fourth-order valence-electron chi connectivity index (χ4n) is 3.85. The van der Waals surface area contributed by atoms with Crippen molar-refractivity contribution in [1.29, 1.82) is 0 Å². The van der Waals surface area contributed by atoms with Crippen LogP contribution in [0.25, 0.3) is 0 Å². The summed E-state index contributed by atoms with van der Waals surface area (Å²) in [5.41, 5.74) is -0.800. The van der Waals surface area contributed by atoms with Crippen molar-refractivity contribution in [1.82, 2.24) is 10.2 Å². The zero-order valence-electron chi connectivity index (χ0n) is 20.5. The molecule has 0 aromatic heterocycles. The number of hydrogen-bond acceptors (Lipinski definition) is 7. The van der Waals surface area contributed by atoms with E-state index in [2.05, 4.69) is 5.32 Å².